The van der Waals surface area contributed by atoms with Crippen LogP contribution in [0.5, 0.6) is 17.2 Å². The van der Waals surface area contributed by atoms with Crippen molar-refractivity contribution in [3.8, 4) is 28.7 Å². The van der Waals surface area contributed by atoms with Crippen molar-refractivity contribution < 1.29 is 23.4 Å². The maximum absolute atomic E-state index is 6.35. The second kappa shape index (κ2) is 8.21. The Labute approximate surface area is 169 Å². The Bertz CT molecular complexity index is 794. The molecule has 1 spiro atoms. The lowest BCUT2D eigenvalue weighted by atomic mass is 9.98. The zero-order valence-electron chi connectivity index (χ0n) is 16.5. The molecule has 2 heterocycles. The van der Waals surface area contributed by atoms with Gasteiger partial charge in [-0.05, 0) is 37.8 Å². The maximum atomic E-state index is 6.35. The van der Waals surface area contributed by atoms with Gasteiger partial charge in [-0.15, -0.1) is 10.2 Å². The summed E-state index contributed by atoms with van der Waals surface area (Å²) in [4.78, 5) is 0. The summed E-state index contributed by atoms with van der Waals surface area (Å²) in [6.45, 7) is 0. The van der Waals surface area contributed by atoms with E-state index in [4.69, 9.17) is 23.4 Å². The molecule has 1 aromatic carbocycles. The highest BCUT2D eigenvalue weighted by molar-refractivity contribution is 7.99. The van der Waals surface area contributed by atoms with Gasteiger partial charge in [-0.1, -0.05) is 24.6 Å². The molecule has 1 aliphatic carbocycles. The molecule has 0 unspecified atom stereocenters. The van der Waals surface area contributed by atoms with Crippen LogP contribution in [0, 0.1) is 0 Å². The fourth-order valence-electron chi connectivity index (χ4n) is 4.15. The van der Waals surface area contributed by atoms with Gasteiger partial charge in [0.2, 0.25) is 11.6 Å². The van der Waals surface area contributed by atoms with Gasteiger partial charge < -0.3 is 23.4 Å². The van der Waals surface area contributed by atoms with Crippen LogP contribution in [-0.2, 0) is 4.74 Å². The number of methoxy groups -OCH3 is 3. The van der Waals surface area contributed by atoms with Gasteiger partial charge in [-0.3, -0.25) is 0 Å². The third-order valence-electron chi connectivity index (χ3n) is 5.56. The minimum absolute atomic E-state index is 0.154. The summed E-state index contributed by atoms with van der Waals surface area (Å²) in [5.74, 6) is 2.87. The van der Waals surface area contributed by atoms with Crippen LogP contribution >= 0.6 is 11.8 Å². The van der Waals surface area contributed by atoms with Crippen molar-refractivity contribution in [3.63, 3.8) is 0 Å². The normalized spacial score (nSPS) is 20.6. The lowest BCUT2D eigenvalue weighted by Crippen LogP contribution is -2.25. The van der Waals surface area contributed by atoms with Crippen LogP contribution in [0.3, 0.4) is 0 Å². The van der Waals surface area contributed by atoms with Gasteiger partial charge in [0.1, 0.15) is 0 Å². The average molecular weight is 407 g/mol. The summed E-state index contributed by atoms with van der Waals surface area (Å²) >= 11 is 1.55. The minimum atomic E-state index is 0.154. The van der Waals surface area contributed by atoms with E-state index < -0.39 is 0 Å². The summed E-state index contributed by atoms with van der Waals surface area (Å²) in [6, 6.07) is 3.60. The first-order chi connectivity index (χ1) is 13.7. The molecule has 0 radical (unpaired) electrons. The molecule has 1 saturated carbocycles. The van der Waals surface area contributed by atoms with Crippen molar-refractivity contribution in [1.29, 1.82) is 0 Å². The van der Waals surface area contributed by atoms with Gasteiger partial charge in [0.25, 0.3) is 5.22 Å². The standard InChI is InChI=1S/C20H26N2O5S/c1-23-15-10-13(11-16(24-2)17(15)25-3)18-21-22-19(26-18)28-12-14-6-9-20(27-14)7-4-5-8-20/h10-11,14H,4-9,12H2,1-3H3/t14-/m0/s1. The van der Waals surface area contributed by atoms with Crippen LogP contribution < -0.4 is 14.2 Å². The topological polar surface area (TPSA) is 75.8 Å². The maximum Gasteiger partial charge on any atom is 0.276 e. The Morgan fingerprint density at radius 1 is 1.04 bits per heavy atom. The first-order valence-electron chi connectivity index (χ1n) is 9.61. The molecule has 7 nitrogen and oxygen atoms in total. The predicted octanol–water partition coefficient (Wildman–Crippen LogP) is 4.35. The second-order valence-corrected chi connectivity index (χ2v) is 8.24. The van der Waals surface area contributed by atoms with Crippen LogP contribution in [-0.4, -0.2) is 49.0 Å². The van der Waals surface area contributed by atoms with Crippen molar-refractivity contribution in [2.75, 3.05) is 27.1 Å². The van der Waals surface area contributed by atoms with E-state index >= 15 is 0 Å². The number of nitrogens with zero attached hydrogens (tertiary/aromatic N) is 2. The SMILES string of the molecule is COc1cc(-c2nnc(SC[C@@H]3CCC4(CCCC4)O3)o2)cc(OC)c1OC. The van der Waals surface area contributed by atoms with E-state index in [0.29, 0.717) is 28.4 Å². The summed E-state index contributed by atoms with van der Waals surface area (Å²) in [5.41, 5.74) is 0.873. The minimum Gasteiger partial charge on any atom is -0.493 e. The third kappa shape index (κ3) is 3.80. The van der Waals surface area contributed by atoms with Gasteiger partial charge in [-0.2, -0.15) is 0 Å². The number of benzene rings is 1. The van der Waals surface area contributed by atoms with Gasteiger partial charge in [0, 0.05) is 11.3 Å². The zero-order valence-corrected chi connectivity index (χ0v) is 17.3. The highest BCUT2D eigenvalue weighted by Gasteiger charge is 2.42. The van der Waals surface area contributed by atoms with Crippen LogP contribution in [0.4, 0.5) is 0 Å². The molecule has 2 fully saturated rings. The van der Waals surface area contributed by atoms with E-state index in [2.05, 4.69) is 10.2 Å². The predicted molar refractivity (Wildman–Crippen MR) is 105 cm³/mol. The molecule has 4 rings (SSSR count). The van der Waals surface area contributed by atoms with Crippen molar-refractivity contribution in [1.82, 2.24) is 10.2 Å². The molecule has 2 aromatic rings. The first-order valence-corrected chi connectivity index (χ1v) is 10.6. The fraction of sp³-hybridized carbons (Fsp3) is 0.600. The molecule has 1 aliphatic heterocycles. The van der Waals surface area contributed by atoms with E-state index in [0.717, 1.165) is 17.7 Å². The fourth-order valence-corrected chi connectivity index (χ4v) is 4.95. The average Bonchev–Trinajstić information content (AvgIpc) is 3.47. The van der Waals surface area contributed by atoms with E-state index in [1.807, 2.05) is 0 Å². The second-order valence-electron chi connectivity index (χ2n) is 7.27. The van der Waals surface area contributed by atoms with Crippen molar-refractivity contribution >= 4 is 11.8 Å². The van der Waals surface area contributed by atoms with Gasteiger partial charge in [0.05, 0.1) is 33.0 Å². The van der Waals surface area contributed by atoms with E-state index in [-0.39, 0.29) is 11.7 Å². The molecular formula is C20H26N2O5S. The lowest BCUT2D eigenvalue weighted by molar-refractivity contribution is -0.0268. The molecule has 1 saturated heterocycles. The Hall–Kier alpha value is -1.93. The summed E-state index contributed by atoms with van der Waals surface area (Å²) in [7, 11) is 4.73. The molecular weight excluding hydrogens is 380 g/mol. The number of rotatable bonds is 7. The first kappa shape index (κ1) is 19.4. The Balaban J connectivity index is 1.43. The molecule has 2 aliphatic rings. The quantitative estimate of drug-likeness (QED) is 0.628. The zero-order chi connectivity index (χ0) is 19.6. The van der Waals surface area contributed by atoms with E-state index in [1.165, 1.54) is 32.1 Å². The summed E-state index contributed by atoms with van der Waals surface area (Å²) < 4.78 is 28.3. The molecule has 8 heteroatoms. The molecule has 0 amide bonds. The molecule has 0 N–H and O–H groups in total. The van der Waals surface area contributed by atoms with Crippen molar-refractivity contribution in [2.24, 2.45) is 0 Å². The lowest BCUT2D eigenvalue weighted by Gasteiger charge is -2.23. The molecule has 0 bridgehead atoms. The van der Waals surface area contributed by atoms with Gasteiger partial charge in [-0.25, -0.2) is 0 Å². The van der Waals surface area contributed by atoms with Crippen LogP contribution in [0.2, 0.25) is 0 Å². The Morgan fingerprint density at radius 3 is 2.39 bits per heavy atom. The summed E-state index contributed by atoms with van der Waals surface area (Å²) in [5, 5.41) is 8.89. The molecule has 28 heavy (non-hydrogen) atoms. The number of hydrogen-bond acceptors (Lipinski definition) is 8. The molecule has 152 valence electrons. The third-order valence-corrected chi connectivity index (χ3v) is 6.51. The highest BCUT2D eigenvalue weighted by Crippen LogP contribution is 2.44. The van der Waals surface area contributed by atoms with Gasteiger partial charge >= 0.3 is 0 Å². The van der Waals surface area contributed by atoms with Crippen molar-refractivity contribution in [2.45, 2.75) is 55.5 Å². The molecule has 1 aromatic heterocycles. The van der Waals surface area contributed by atoms with E-state index in [9.17, 15) is 0 Å². The van der Waals surface area contributed by atoms with Crippen molar-refractivity contribution in [3.05, 3.63) is 12.1 Å². The highest BCUT2D eigenvalue weighted by atomic mass is 32.2. The monoisotopic (exact) mass is 406 g/mol. The van der Waals surface area contributed by atoms with Gasteiger partial charge in [0.15, 0.2) is 11.5 Å². The largest absolute Gasteiger partial charge is 0.493 e. The Morgan fingerprint density at radius 2 is 1.75 bits per heavy atom. The van der Waals surface area contributed by atoms with E-state index in [1.54, 1.807) is 45.2 Å². The molecule has 1 atom stereocenters. The van der Waals surface area contributed by atoms with Crippen LogP contribution in [0.15, 0.2) is 21.8 Å². The number of thioether (sulfide) groups is 1. The smallest absolute Gasteiger partial charge is 0.276 e. The Kier molecular flexibility index (Phi) is 5.68. The number of hydrogen-bond donors (Lipinski definition) is 0. The van der Waals surface area contributed by atoms with Crippen LogP contribution in [0.25, 0.3) is 11.5 Å². The number of ether oxygens (including phenoxy) is 4. The summed E-state index contributed by atoms with van der Waals surface area (Å²) in [6.07, 6.45) is 7.56. The number of aromatic nitrogens is 2. The van der Waals surface area contributed by atoms with Crippen LogP contribution in [0.1, 0.15) is 38.5 Å².